The van der Waals surface area contributed by atoms with Gasteiger partial charge in [-0.3, -0.25) is 0 Å². The Morgan fingerprint density at radius 2 is 1.83 bits per heavy atom. The average Bonchev–Trinajstić information content (AvgIpc) is 2.44. The van der Waals surface area contributed by atoms with Gasteiger partial charge in [0.25, 0.3) is 0 Å². The number of halogens is 1. The van der Waals surface area contributed by atoms with Crippen molar-refractivity contribution in [2.24, 2.45) is 0 Å². The summed E-state index contributed by atoms with van der Waals surface area (Å²) in [5, 5.41) is 5.21. The first kappa shape index (κ1) is 18.7. The summed E-state index contributed by atoms with van der Waals surface area (Å²) in [6.45, 7) is 8.33. The van der Waals surface area contributed by atoms with Crippen LogP contribution in [0.5, 0.6) is 0 Å². The molecule has 1 aromatic carbocycles. The van der Waals surface area contributed by atoms with Crippen LogP contribution in [0.15, 0.2) is 24.3 Å². The van der Waals surface area contributed by atoms with Crippen LogP contribution in [0.3, 0.4) is 0 Å². The third-order valence-corrected chi connectivity index (χ3v) is 2.80. The molecular weight excluding hydrogens is 301 g/mol. The SMILES string of the molecule is CCN(CCNC(=O)Nc1ccc(F)cc1)C(=O)OC(C)(C)C. The lowest BCUT2D eigenvalue weighted by Crippen LogP contribution is -2.42. The van der Waals surface area contributed by atoms with Crippen LogP contribution in [0.25, 0.3) is 0 Å². The van der Waals surface area contributed by atoms with Crippen molar-refractivity contribution < 1.29 is 18.7 Å². The van der Waals surface area contributed by atoms with Crippen LogP contribution in [-0.4, -0.2) is 42.3 Å². The van der Waals surface area contributed by atoms with Gasteiger partial charge < -0.3 is 20.3 Å². The summed E-state index contributed by atoms with van der Waals surface area (Å²) in [5.74, 6) is -0.369. The Labute approximate surface area is 136 Å². The molecule has 1 aromatic rings. The minimum atomic E-state index is -0.558. The van der Waals surface area contributed by atoms with Crippen LogP contribution < -0.4 is 10.6 Å². The molecule has 0 saturated heterocycles. The Morgan fingerprint density at radius 3 is 2.35 bits per heavy atom. The molecule has 1 rings (SSSR count). The van der Waals surface area contributed by atoms with Gasteiger partial charge in [0.05, 0.1) is 0 Å². The normalized spacial score (nSPS) is 10.8. The van der Waals surface area contributed by atoms with E-state index < -0.39 is 17.7 Å². The second-order valence-electron chi connectivity index (χ2n) is 5.95. The van der Waals surface area contributed by atoms with Crippen LogP contribution in [-0.2, 0) is 4.74 Å². The Balaban J connectivity index is 2.37. The molecule has 0 atom stereocenters. The van der Waals surface area contributed by atoms with E-state index in [-0.39, 0.29) is 12.4 Å². The second-order valence-corrected chi connectivity index (χ2v) is 5.95. The summed E-state index contributed by atoms with van der Waals surface area (Å²) >= 11 is 0. The number of benzene rings is 1. The third kappa shape index (κ3) is 7.49. The molecule has 6 nitrogen and oxygen atoms in total. The number of hydrogen-bond donors (Lipinski definition) is 2. The Morgan fingerprint density at radius 1 is 1.22 bits per heavy atom. The van der Waals surface area contributed by atoms with Crippen LogP contribution in [0, 0.1) is 5.82 Å². The standard InChI is InChI=1S/C16H24FN3O3/c1-5-20(15(22)23-16(2,3)4)11-10-18-14(21)19-13-8-6-12(17)7-9-13/h6-9H,5,10-11H2,1-4H3,(H2,18,19,21). The van der Waals surface area contributed by atoms with E-state index in [0.717, 1.165) is 0 Å². The van der Waals surface area contributed by atoms with Crippen molar-refractivity contribution in [3.63, 3.8) is 0 Å². The highest BCUT2D eigenvalue weighted by molar-refractivity contribution is 5.89. The van der Waals surface area contributed by atoms with Gasteiger partial charge in [-0.1, -0.05) is 0 Å². The van der Waals surface area contributed by atoms with Crippen molar-refractivity contribution in [2.75, 3.05) is 25.0 Å². The molecule has 0 bridgehead atoms. The van der Waals surface area contributed by atoms with Crippen molar-refractivity contribution in [3.8, 4) is 0 Å². The van der Waals surface area contributed by atoms with Crippen molar-refractivity contribution in [2.45, 2.75) is 33.3 Å². The van der Waals surface area contributed by atoms with Crippen molar-refractivity contribution in [1.29, 1.82) is 0 Å². The first-order valence-corrected chi connectivity index (χ1v) is 7.49. The van der Waals surface area contributed by atoms with Gasteiger partial charge in [0.1, 0.15) is 11.4 Å². The first-order chi connectivity index (χ1) is 10.7. The summed E-state index contributed by atoms with van der Waals surface area (Å²) < 4.78 is 18.0. The molecule has 0 spiro atoms. The molecule has 7 heteroatoms. The van der Waals surface area contributed by atoms with Gasteiger partial charge in [-0.05, 0) is 52.0 Å². The van der Waals surface area contributed by atoms with Gasteiger partial charge in [-0.2, -0.15) is 0 Å². The van der Waals surface area contributed by atoms with Crippen LogP contribution in [0.4, 0.5) is 19.7 Å². The van der Waals surface area contributed by atoms with E-state index in [1.807, 2.05) is 6.92 Å². The molecule has 23 heavy (non-hydrogen) atoms. The lowest BCUT2D eigenvalue weighted by molar-refractivity contribution is 0.0263. The number of hydrogen-bond acceptors (Lipinski definition) is 3. The third-order valence-electron chi connectivity index (χ3n) is 2.80. The summed E-state index contributed by atoms with van der Waals surface area (Å²) in [6, 6.07) is 5.03. The Kier molecular flexibility index (Phi) is 6.81. The number of likely N-dealkylation sites (N-methyl/N-ethyl adjacent to an activating group) is 1. The van der Waals surface area contributed by atoms with E-state index in [1.165, 1.54) is 29.2 Å². The number of rotatable bonds is 5. The van der Waals surface area contributed by atoms with E-state index in [9.17, 15) is 14.0 Å². The largest absolute Gasteiger partial charge is 0.444 e. The van der Waals surface area contributed by atoms with Gasteiger partial charge in [0, 0.05) is 25.3 Å². The second kappa shape index (κ2) is 8.36. The summed E-state index contributed by atoms with van der Waals surface area (Å²) in [4.78, 5) is 25.1. The quantitative estimate of drug-likeness (QED) is 0.873. The monoisotopic (exact) mass is 325 g/mol. The average molecular weight is 325 g/mol. The number of anilines is 1. The lowest BCUT2D eigenvalue weighted by atomic mass is 10.2. The zero-order valence-electron chi connectivity index (χ0n) is 14.0. The Bertz CT molecular complexity index is 526. The molecular formula is C16H24FN3O3. The van der Waals surface area contributed by atoms with E-state index >= 15 is 0 Å². The van der Waals surface area contributed by atoms with E-state index in [4.69, 9.17) is 4.74 Å². The molecule has 0 aliphatic carbocycles. The number of nitrogens with zero attached hydrogens (tertiary/aromatic N) is 1. The minimum Gasteiger partial charge on any atom is -0.444 e. The Hall–Kier alpha value is -2.31. The number of carbonyl (C=O) groups is 2. The molecule has 2 N–H and O–H groups in total. The van der Waals surface area contributed by atoms with Crippen molar-refractivity contribution in [3.05, 3.63) is 30.1 Å². The molecule has 0 saturated carbocycles. The van der Waals surface area contributed by atoms with Crippen LogP contribution in [0.2, 0.25) is 0 Å². The maximum Gasteiger partial charge on any atom is 0.410 e. The molecule has 0 aromatic heterocycles. The fourth-order valence-electron chi connectivity index (χ4n) is 1.72. The van der Waals surface area contributed by atoms with E-state index in [1.54, 1.807) is 20.8 Å². The van der Waals surface area contributed by atoms with Gasteiger partial charge >= 0.3 is 12.1 Å². The highest BCUT2D eigenvalue weighted by Gasteiger charge is 2.20. The molecule has 0 aliphatic heterocycles. The predicted molar refractivity (Wildman–Crippen MR) is 86.9 cm³/mol. The van der Waals surface area contributed by atoms with Crippen molar-refractivity contribution >= 4 is 17.8 Å². The molecule has 0 heterocycles. The molecule has 3 amide bonds. The topological polar surface area (TPSA) is 70.7 Å². The summed E-state index contributed by atoms with van der Waals surface area (Å²) in [6.07, 6.45) is -0.416. The summed E-state index contributed by atoms with van der Waals surface area (Å²) in [5.41, 5.74) is -0.0684. The zero-order valence-corrected chi connectivity index (χ0v) is 14.0. The summed E-state index contributed by atoms with van der Waals surface area (Å²) in [7, 11) is 0. The molecule has 128 valence electrons. The fraction of sp³-hybridized carbons (Fsp3) is 0.500. The van der Waals surface area contributed by atoms with E-state index in [0.29, 0.717) is 18.8 Å². The number of ether oxygens (including phenoxy) is 1. The minimum absolute atomic E-state index is 0.278. The number of carbonyl (C=O) groups excluding carboxylic acids is 2. The van der Waals surface area contributed by atoms with Gasteiger partial charge in [-0.25, -0.2) is 14.0 Å². The van der Waals surface area contributed by atoms with Crippen molar-refractivity contribution in [1.82, 2.24) is 10.2 Å². The fourth-order valence-corrected chi connectivity index (χ4v) is 1.72. The maximum atomic E-state index is 12.8. The lowest BCUT2D eigenvalue weighted by Gasteiger charge is -2.26. The van der Waals surface area contributed by atoms with Gasteiger partial charge in [0.15, 0.2) is 0 Å². The maximum absolute atomic E-state index is 12.8. The zero-order chi connectivity index (χ0) is 17.5. The van der Waals surface area contributed by atoms with Crippen LogP contribution in [0.1, 0.15) is 27.7 Å². The molecule has 0 radical (unpaired) electrons. The highest BCUT2D eigenvalue weighted by Crippen LogP contribution is 2.10. The van der Waals surface area contributed by atoms with Gasteiger partial charge in [-0.15, -0.1) is 0 Å². The first-order valence-electron chi connectivity index (χ1n) is 7.49. The predicted octanol–water partition coefficient (Wildman–Crippen LogP) is 3.20. The highest BCUT2D eigenvalue weighted by atomic mass is 19.1. The number of urea groups is 1. The molecule has 0 aliphatic rings. The van der Waals surface area contributed by atoms with Gasteiger partial charge in [0.2, 0.25) is 0 Å². The van der Waals surface area contributed by atoms with Crippen LogP contribution >= 0.6 is 0 Å². The number of nitrogens with one attached hydrogen (secondary N) is 2. The molecule has 0 fully saturated rings. The molecule has 0 unspecified atom stereocenters. The number of amides is 3. The van der Waals surface area contributed by atoms with E-state index in [2.05, 4.69) is 10.6 Å². The smallest absolute Gasteiger partial charge is 0.410 e.